The molecular weight excluding hydrogens is 238 g/mol. The fraction of sp³-hybridized carbons (Fsp3) is 0.333. The van der Waals surface area contributed by atoms with Crippen molar-refractivity contribution < 1.29 is 4.79 Å². The summed E-state index contributed by atoms with van der Waals surface area (Å²) in [5, 5.41) is 0. The number of carbonyl (C=O) groups is 1. The van der Waals surface area contributed by atoms with E-state index in [2.05, 4.69) is 35.5 Å². The lowest BCUT2D eigenvalue weighted by molar-refractivity contribution is -0.117. The van der Waals surface area contributed by atoms with Gasteiger partial charge in [0.15, 0.2) is 0 Å². The van der Waals surface area contributed by atoms with Crippen molar-refractivity contribution in [3.63, 3.8) is 0 Å². The SMILES string of the molecule is CC(C)C(c1ccc(CC(N)=O)cc1)n1ccnc1. The van der Waals surface area contributed by atoms with Gasteiger partial charge in [0.05, 0.1) is 18.8 Å². The van der Waals surface area contributed by atoms with Gasteiger partial charge >= 0.3 is 0 Å². The average molecular weight is 257 g/mol. The quantitative estimate of drug-likeness (QED) is 0.892. The third-order valence-corrected chi connectivity index (χ3v) is 3.18. The second-order valence-electron chi connectivity index (χ2n) is 5.08. The van der Waals surface area contributed by atoms with E-state index in [9.17, 15) is 4.79 Å². The lowest BCUT2D eigenvalue weighted by Crippen LogP contribution is -2.16. The minimum atomic E-state index is -0.303. The average Bonchev–Trinajstić information content (AvgIpc) is 2.84. The Labute approximate surface area is 113 Å². The zero-order valence-electron chi connectivity index (χ0n) is 11.3. The van der Waals surface area contributed by atoms with Crippen molar-refractivity contribution in [3.8, 4) is 0 Å². The number of benzene rings is 1. The summed E-state index contributed by atoms with van der Waals surface area (Å²) in [6.45, 7) is 4.37. The molecule has 1 aromatic heterocycles. The Bertz CT molecular complexity index is 529. The van der Waals surface area contributed by atoms with E-state index in [0.717, 1.165) is 5.56 Å². The smallest absolute Gasteiger partial charge is 0.221 e. The molecule has 0 saturated heterocycles. The molecule has 0 aliphatic carbocycles. The van der Waals surface area contributed by atoms with Gasteiger partial charge in [0.1, 0.15) is 0 Å². The van der Waals surface area contributed by atoms with Gasteiger partial charge in [-0.3, -0.25) is 4.79 Å². The molecule has 0 spiro atoms. The Morgan fingerprint density at radius 2 is 2.00 bits per heavy atom. The summed E-state index contributed by atoms with van der Waals surface area (Å²) in [5.74, 6) is 0.152. The minimum absolute atomic E-state index is 0.255. The van der Waals surface area contributed by atoms with Crippen LogP contribution in [0.15, 0.2) is 43.0 Å². The highest BCUT2D eigenvalue weighted by Crippen LogP contribution is 2.26. The van der Waals surface area contributed by atoms with Crippen molar-refractivity contribution >= 4 is 5.91 Å². The van der Waals surface area contributed by atoms with E-state index in [0.29, 0.717) is 5.92 Å². The molecular formula is C15H19N3O. The number of hydrogen-bond donors (Lipinski definition) is 1. The number of aromatic nitrogens is 2. The van der Waals surface area contributed by atoms with Gasteiger partial charge in [0.2, 0.25) is 5.91 Å². The van der Waals surface area contributed by atoms with E-state index >= 15 is 0 Å². The molecule has 1 unspecified atom stereocenters. The molecule has 0 radical (unpaired) electrons. The monoisotopic (exact) mass is 257 g/mol. The molecule has 1 heterocycles. The van der Waals surface area contributed by atoms with Crippen molar-refractivity contribution in [1.82, 2.24) is 9.55 Å². The molecule has 2 aromatic rings. The summed E-state index contributed by atoms with van der Waals surface area (Å²) in [6.07, 6.45) is 5.89. The van der Waals surface area contributed by atoms with Crippen LogP contribution in [0.1, 0.15) is 31.0 Å². The van der Waals surface area contributed by atoms with Crippen molar-refractivity contribution in [2.45, 2.75) is 26.3 Å². The second kappa shape index (κ2) is 5.69. The maximum Gasteiger partial charge on any atom is 0.221 e. The number of carbonyl (C=O) groups excluding carboxylic acids is 1. The van der Waals surface area contributed by atoms with Crippen LogP contribution in [-0.4, -0.2) is 15.5 Å². The second-order valence-corrected chi connectivity index (χ2v) is 5.08. The van der Waals surface area contributed by atoms with E-state index in [-0.39, 0.29) is 18.4 Å². The molecule has 1 aromatic carbocycles. The molecule has 1 amide bonds. The molecule has 4 nitrogen and oxygen atoms in total. The van der Waals surface area contributed by atoms with E-state index in [1.807, 2.05) is 24.7 Å². The molecule has 0 fully saturated rings. The molecule has 4 heteroatoms. The number of imidazole rings is 1. The largest absolute Gasteiger partial charge is 0.369 e. The van der Waals surface area contributed by atoms with E-state index < -0.39 is 0 Å². The molecule has 0 aliphatic rings. The maximum atomic E-state index is 10.9. The lowest BCUT2D eigenvalue weighted by Gasteiger charge is -2.23. The first-order valence-electron chi connectivity index (χ1n) is 6.42. The van der Waals surface area contributed by atoms with Crippen molar-refractivity contribution in [1.29, 1.82) is 0 Å². The van der Waals surface area contributed by atoms with E-state index in [4.69, 9.17) is 5.73 Å². The summed E-state index contributed by atoms with van der Waals surface area (Å²) < 4.78 is 2.10. The fourth-order valence-corrected chi connectivity index (χ4v) is 2.37. The van der Waals surface area contributed by atoms with Crippen molar-refractivity contribution in [2.75, 3.05) is 0 Å². The van der Waals surface area contributed by atoms with Crippen LogP contribution in [0.2, 0.25) is 0 Å². The Balaban J connectivity index is 2.26. The first kappa shape index (κ1) is 13.3. The van der Waals surface area contributed by atoms with Crippen LogP contribution in [-0.2, 0) is 11.2 Å². The van der Waals surface area contributed by atoms with Crippen molar-refractivity contribution in [2.24, 2.45) is 11.7 Å². The zero-order chi connectivity index (χ0) is 13.8. The number of amides is 1. The predicted molar refractivity (Wildman–Crippen MR) is 74.5 cm³/mol. The van der Waals surface area contributed by atoms with Crippen LogP contribution in [0, 0.1) is 5.92 Å². The lowest BCUT2D eigenvalue weighted by atomic mass is 9.94. The molecule has 0 bridgehead atoms. The Morgan fingerprint density at radius 3 is 2.47 bits per heavy atom. The summed E-state index contributed by atoms with van der Waals surface area (Å²) in [6, 6.07) is 8.30. The molecule has 0 saturated carbocycles. The molecule has 0 aliphatic heterocycles. The Kier molecular flexibility index (Phi) is 4.00. The summed E-state index contributed by atoms with van der Waals surface area (Å²) in [5.41, 5.74) is 7.35. The van der Waals surface area contributed by atoms with Gasteiger partial charge in [-0.25, -0.2) is 4.98 Å². The third kappa shape index (κ3) is 3.22. The Hall–Kier alpha value is -2.10. The van der Waals surface area contributed by atoms with Crippen LogP contribution < -0.4 is 5.73 Å². The van der Waals surface area contributed by atoms with E-state index in [1.165, 1.54) is 5.56 Å². The molecule has 19 heavy (non-hydrogen) atoms. The van der Waals surface area contributed by atoms with Crippen LogP contribution in [0.5, 0.6) is 0 Å². The minimum Gasteiger partial charge on any atom is -0.369 e. The highest BCUT2D eigenvalue weighted by Gasteiger charge is 2.17. The number of nitrogens with zero attached hydrogens (tertiary/aromatic N) is 2. The molecule has 1 atom stereocenters. The van der Waals surface area contributed by atoms with Crippen LogP contribution in [0.3, 0.4) is 0 Å². The predicted octanol–water partition coefficient (Wildman–Crippen LogP) is 2.16. The standard InChI is InChI=1S/C15H19N3O/c1-11(2)15(18-8-7-17-10-18)13-5-3-12(4-6-13)9-14(16)19/h3-8,10-11,15H,9H2,1-2H3,(H2,16,19). The zero-order valence-corrected chi connectivity index (χ0v) is 11.3. The fourth-order valence-electron chi connectivity index (χ4n) is 2.37. The van der Waals surface area contributed by atoms with Gasteiger partial charge in [-0.15, -0.1) is 0 Å². The van der Waals surface area contributed by atoms with Gasteiger partial charge in [0.25, 0.3) is 0 Å². The topological polar surface area (TPSA) is 60.9 Å². The van der Waals surface area contributed by atoms with Gasteiger partial charge in [0, 0.05) is 12.4 Å². The highest BCUT2D eigenvalue weighted by molar-refractivity contribution is 5.76. The Morgan fingerprint density at radius 1 is 1.32 bits per heavy atom. The first-order valence-corrected chi connectivity index (χ1v) is 6.42. The van der Waals surface area contributed by atoms with Gasteiger partial charge in [-0.1, -0.05) is 38.1 Å². The van der Waals surface area contributed by atoms with Crippen LogP contribution in [0.25, 0.3) is 0 Å². The van der Waals surface area contributed by atoms with E-state index in [1.54, 1.807) is 6.20 Å². The number of nitrogens with two attached hydrogens (primary N) is 1. The van der Waals surface area contributed by atoms with Crippen molar-refractivity contribution in [3.05, 3.63) is 54.1 Å². The van der Waals surface area contributed by atoms with Gasteiger partial charge in [-0.05, 0) is 17.0 Å². The number of rotatable bonds is 5. The first-order chi connectivity index (χ1) is 9.08. The number of primary amides is 1. The highest BCUT2D eigenvalue weighted by atomic mass is 16.1. The summed E-state index contributed by atoms with van der Waals surface area (Å²) in [4.78, 5) is 15.0. The molecule has 100 valence electrons. The maximum absolute atomic E-state index is 10.9. The summed E-state index contributed by atoms with van der Waals surface area (Å²) >= 11 is 0. The number of hydrogen-bond acceptors (Lipinski definition) is 2. The van der Waals surface area contributed by atoms with Crippen LogP contribution in [0.4, 0.5) is 0 Å². The molecule has 2 N–H and O–H groups in total. The third-order valence-electron chi connectivity index (χ3n) is 3.18. The normalized spacial score (nSPS) is 12.6. The van der Waals surface area contributed by atoms with Gasteiger partial charge < -0.3 is 10.3 Å². The van der Waals surface area contributed by atoms with Gasteiger partial charge in [-0.2, -0.15) is 0 Å². The van der Waals surface area contributed by atoms with Crippen LogP contribution >= 0.6 is 0 Å². The molecule has 2 rings (SSSR count). The summed E-state index contributed by atoms with van der Waals surface area (Å²) in [7, 11) is 0.